The van der Waals surface area contributed by atoms with Crippen molar-refractivity contribution in [2.24, 2.45) is 5.92 Å². The summed E-state index contributed by atoms with van der Waals surface area (Å²) in [5.74, 6) is 0.702. The molecule has 1 fully saturated rings. The highest BCUT2D eigenvalue weighted by molar-refractivity contribution is 5.23. The lowest BCUT2D eigenvalue weighted by Crippen LogP contribution is -2.35. The normalized spacial score (nSPS) is 17.1. The molecule has 19 heavy (non-hydrogen) atoms. The van der Waals surface area contributed by atoms with Crippen molar-refractivity contribution < 1.29 is 4.39 Å². The quantitative estimate of drug-likeness (QED) is 0.879. The molecule has 1 saturated heterocycles. The summed E-state index contributed by atoms with van der Waals surface area (Å²) >= 11 is 0. The second kappa shape index (κ2) is 7.01. The van der Waals surface area contributed by atoms with E-state index in [1.807, 2.05) is 19.1 Å². The third-order valence-electron chi connectivity index (χ3n) is 4.05. The number of hydrogen-bond donors (Lipinski definition) is 1. The smallest absolute Gasteiger partial charge is 0.126 e. The molecule has 3 heteroatoms. The molecule has 0 aromatic heterocycles. The van der Waals surface area contributed by atoms with E-state index in [1.165, 1.54) is 18.4 Å². The van der Waals surface area contributed by atoms with Crippen molar-refractivity contribution in [2.45, 2.75) is 33.2 Å². The van der Waals surface area contributed by atoms with Crippen LogP contribution < -0.4 is 5.32 Å². The number of aryl methyl sites for hydroxylation is 1. The summed E-state index contributed by atoms with van der Waals surface area (Å²) in [6, 6.07) is 5.47. The third kappa shape index (κ3) is 4.29. The number of rotatable bonds is 5. The Morgan fingerprint density at radius 3 is 2.68 bits per heavy atom. The minimum atomic E-state index is -0.106. The molecule has 2 nitrogen and oxygen atoms in total. The van der Waals surface area contributed by atoms with E-state index in [0.29, 0.717) is 0 Å². The van der Waals surface area contributed by atoms with Crippen LogP contribution in [0.25, 0.3) is 0 Å². The van der Waals surface area contributed by atoms with Gasteiger partial charge >= 0.3 is 0 Å². The molecular weight excluding hydrogens is 239 g/mol. The van der Waals surface area contributed by atoms with Gasteiger partial charge in [0.05, 0.1) is 0 Å². The maximum atomic E-state index is 13.3. The Hall–Kier alpha value is -0.930. The predicted molar refractivity (Wildman–Crippen MR) is 77.7 cm³/mol. The molecule has 0 saturated carbocycles. The van der Waals surface area contributed by atoms with E-state index >= 15 is 0 Å². The highest BCUT2D eigenvalue weighted by Gasteiger charge is 2.16. The van der Waals surface area contributed by atoms with Crippen LogP contribution >= 0.6 is 0 Å². The van der Waals surface area contributed by atoms with Crippen molar-refractivity contribution in [3.05, 3.63) is 35.1 Å². The maximum Gasteiger partial charge on any atom is 0.126 e. The van der Waals surface area contributed by atoms with Gasteiger partial charge in [-0.2, -0.15) is 0 Å². The molecule has 1 aromatic carbocycles. The van der Waals surface area contributed by atoms with Gasteiger partial charge in [0, 0.05) is 13.1 Å². The molecule has 2 rings (SSSR count). The summed E-state index contributed by atoms with van der Waals surface area (Å²) in [7, 11) is 0. The molecule has 0 bridgehead atoms. The molecule has 0 radical (unpaired) electrons. The monoisotopic (exact) mass is 264 g/mol. The third-order valence-corrected chi connectivity index (χ3v) is 4.05. The maximum absolute atomic E-state index is 13.3. The molecule has 1 heterocycles. The first-order chi connectivity index (χ1) is 9.19. The van der Waals surface area contributed by atoms with Gasteiger partial charge in [-0.3, -0.25) is 4.90 Å². The molecule has 1 aromatic rings. The van der Waals surface area contributed by atoms with Gasteiger partial charge in [0.2, 0.25) is 0 Å². The summed E-state index contributed by atoms with van der Waals surface area (Å²) in [4.78, 5) is 2.47. The Morgan fingerprint density at radius 1 is 1.32 bits per heavy atom. The molecule has 0 amide bonds. The van der Waals surface area contributed by atoms with E-state index < -0.39 is 0 Å². The zero-order chi connectivity index (χ0) is 13.7. The lowest BCUT2D eigenvalue weighted by atomic mass is 9.97. The number of nitrogens with one attached hydrogen (secondary N) is 1. The summed E-state index contributed by atoms with van der Waals surface area (Å²) in [5.41, 5.74) is 1.96. The average Bonchev–Trinajstić information content (AvgIpc) is 2.43. The fourth-order valence-electron chi connectivity index (χ4n) is 2.80. The van der Waals surface area contributed by atoms with Gasteiger partial charge in [-0.25, -0.2) is 4.39 Å². The summed E-state index contributed by atoms with van der Waals surface area (Å²) in [6.07, 6.45) is 2.55. The van der Waals surface area contributed by atoms with Crippen molar-refractivity contribution in [1.82, 2.24) is 10.2 Å². The van der Waals surface area contributed by atoms with Crippen LogP contribution in [0.3, 0.4) is 0 Å². The number of halogens is 1. The highest BCUT2D eigenvalue weighted by Crippen LogP contribution is 2.16. The molecule has 1 aliphatic heterocycles. The largest absolute Gasteiger partial charge is 0.317 e. The minimum Gasteiger partial charge on any atom is -0.317 e. The van der Waals surface area contributed by atoms with Crippen molar-refractivity contribution in [2.75, 3.05) is 26.2 Å². The van der Waals surface area contributed by atoms with E-state index in [-0.39, 0.29) is 5.82 Å². The molecule has 0 atom stereocenters. The second-order valence-electron chi connectivity index (χ2n) is 5.60. The Balaban J connectivity index is 1.92. The summed E-state index contributed by atoms with van der Waals surface area (Å²) in [6.45, 7) is 9.49. The van der Waals surface area contributed by atoms with E-state index in [2.05, 4.69) is 17.1 Å². The van der Waals surface area contributed by atoms with Crippen molar-refractivity contribution in [1.29, 1.82) is 0 Å². The minimum absolute atomic E-state index is 0.106. The summed E-state index contributed by atoms with van der Waals surface area (Å²) in [5, 5.41) is 3.41. The number of nitrogens with zero attached hydrogens (tertiary/aromatic N) is 1. The van der Waals surface area contributed by atoms with Crippen LogP contribution in [0.15, 0.2) is 18.2 Å². The predicted octanol–water partition coefficient (Wildman–Crippen LogP) is 2.96. The standard InChI is InChI=1S/C16H25FN2/c1-3-19(11-14-6-8-18-9-7-14)12-15-4-5-16(17)13(2)10-15/h4-5,10,14,18H,3,6-9,11-12H2,1-2H3. The van der Waals surface area contributed by atoms with Gasteiger partial charge in [0.25, 0.3) is 0 Å². The first-order valence-electron chi connectivity index (χ1n) is 7.37. The SMILES string of the molecule is CCN(Cc1ccc(F)c(C)c1)CC1CCNCC1. The molecule has 0 aliphatic carbocycles. The van der Waals surface area contributed by atoms with Gasteiger partial charge in [-0.05, 0) is 62.5 Å². The Morgan fingerprint density at radius 2 is 2.05 bits per heavy atom. The molecule has 106 valence electrons. The summed E-state index contributed by atoms with van der Waals surface area (Å²) < 4.78 is 13.3. The Labute approximate surface area is 116 Å². The number of piperidine rings is 1. The van der Waals surface area contributed by atoms with Gasteiger partial charge in [-0.15, -0.1) is 0 Å². The number of benzene rings is 1. The van der Waals surface area contributed by atoms with E-state index in [0.717, 1.165) is 44.2 Å². The van der Waals surface area contributed by atoms with Crippen molar-refractivity contribution in [3.63, 3.8) is 0 Å². The van der Waals surface area contributed by atoms with Crippen molar-refractivity contribution >= 4 is 0 Å². The van der Waals surface area contributed by atoms with E-state index in [1.54, 1.807) is 6.07 Å². The molecule has 0 unspecified atom stereocenters. The van der Waals surface area contributed by atoms with Crippen molar-refractivity contribution in [3.8, 4) is 0 Å². The highest BCUT2D eigenvalue weighted by atomic mass is 19.1. The lowest BCUT2D eigenvalue weighted by molar-refractivity contribution is 0.207. The van der Waals surface area contributed by atoms with Gasteiger partial charge in [0.15, 0.2) is 0 Å². The van der Waals surface area contributed by atoms with Crippen LogP contribution in [-0.4, -0.2) is 31.1 Å². The molecule has 1 N–H and O–H groups in total. The molecular formula is C16H25FN2. The van der Waals surface area contributed by atoms with E-state index in [9.17, 15) is 4.39 Å². The lowest BCUT2D eigenvalue weighted by Gasteiger charge is -2.29. The Kier molecular flexibility index (Phi) is 5.34. The van der Waals surface area contributed by atoms with Crippen LogP contribution in [-0.2, 0) is 6.54 Å². The van der Waals surface area contributed by atoms with Crippen LogP contribution in [0.1, 0.15) is 30.9 Å². The van der Waals surface area contributed by atoms with Gasteiger partial charge in [0.1, 0.15) is 5.82 Å². The fourth-order valence-corrected chi connectivity index (χ4v) is 2.80. The average molecular weight is 264 g/mol. The first-order valence-corrected chi connectivity index (χ1v) is 7.37. The second-order valence-corrected chi connectivity index (χ2v) is 5.60. The van der Waals surface area contributed by atoms with Crippen LogP contribution in [0.2, 0.25) is 0 Å². The number of hydrogen-bond acceptors (Lipinski definition) is 2. The van der Waals surface area contributed by atoms with E-state index in [4.69, 9.17) is 0 Å². The molecule has 0 spiro atoms. The van der Waals surface area contributed by atoms with Crippen LogP contribution in [0, 0.1) is 18.7 Å². The van der Waals surface area contributed by atoms with Gasteiger partial charge in [-0.1, -0.05) is 19.1 Å². The van der Waals surface area contributed by atoms with Crippen LogP contribution in [0.5, 0.6) is 0 Å². The first kappa shape index (κ1) is 14.5. The molecule has 1 aliphatic rings. The van der Waals surface area contributed by atoms with Crippen LogP contribution in [0.4, 0.5) is 4.39 Å². The fraction of sp³-hybridized carbons (Fsp3) is 0.625. The van der Waals surface area contributed by atoms with Gasteiger partial charge < -0.3 is 5.32 Å². The Bertz CT molecular complexity index is 400. The topological polar surface area (TPSA) is 15.3 Å². The zero-order valence-electron chi connectivity index (χ0n) is 12.1. The zero-order valence-corrected chi connectivity index (χ0v) is 12.1.